The summed E-state index contributed by atoms with van der Waals surface area (Å²) in [5, 5.41) is -0.210. The first-order valence-electron chi connectivity index (χ1n) is 4.77. The molecule has 2 rings (SSSR count). The van der Waals surface area contributed by atoms with Gasteiger partial charge in [-0.3, -0.25) is 4.79 Å². The van der Waals surface area contributed by atoms with Crippen LogP contribution in [0, 0.1) is 13.8 Å². The zero-order chi connectivity index (χ0) is 13.3. The van der Waals surface area contributed by atoms with E-state index in [1.807, 2.05) is 0 Å². The molecular formula is C9H7ClN4O3S. The van der Waals surface area contributed by atoms with Crippen molar-refractivity contribution in [3.05, 3.63) is 37.2 Å². The molecule has 2 aromatic heterocycles. The second-order valence-corrected chi connectivity index (χ2v) is 4.26. The van der Waals surface area contributed by atoms with E-state index >= 15 is 0 Å². The normalized spacial score (nSPS) is 10.4. The lowest BCUT2D eigenvalue weighted by molar-refractivity contribution is 0.448. The summed E-state index contributed by atoms with van der Waals surface area (Å²) < 4.78 is 12.6. The SMILES string of the molecule is Cc1nc(=O)[nH]c(C)c1Oc1nsnc(Cl)c1=O. The van der Waals surface area contributed by atoms with Crippen molar-refractivity contribution in [2.75, 3.05) is 0 Å². The van der Waals surface area contributed by atoms with Gasteiger partial charge in [-0.1, -0.05) is 11.6 Å². The van der Waals surface area contributed by atoms with Gasteiger partial charge in [0.05, 0.1) is 23.1 Å². The van der Waals surface area contributed by atoms with E-state index in [1.54, 1.807) is 13.8 Å². The van der Waals surface area contributed by atoms with Gasteiger partial charge >= 0.3 is 5.69 Å². The summed E-state index contributed by atoms with van der Waals surface area (Å²) in [5.74, 6) is 0.0775. The molecule has 2 heterocycles. The Morgan fingerprint density at radius 2 is 2.00 bits per heavy atom. The van der Waals surface area contributed by atoms with Gasteiger partial charge in [0.1, 0.15) is 0 Å². The van der Waals surface area contributed by atoms with Gasteiger partial charge < -0.3 is 9.72 Å². The van der Waals surface area contributed by atoms with Gasteiger partial charge in [-0.15, -0.1) is 4.37 Å². The molecule has 0 atom stereocenters. The molecule has 94 valence electrons. The third-order valence-corrected chi connectivity index (χ3v) is 2.93. The van der Waals surface area contributed by atoms with Crippen LogP contribution in [-0.2, 0) is 0 Å². The Labute approximate surface area is 110 Å². The Morgan fingerprint density at radius 1 is 1.28 bits per heavy atom. The Balaban J connectivity index is 2.50. The van der Waals surface area contributed by atoms with Gasteiger partial charge in [0.15, 0.2) is 10.9 Å². The first kappa shape index (κ1) is 12.7. The zero-order valence-electron chi connectivity index (χ0n) is 9.35. The van der Waals surface area contributed by atoms with Gasteiger partial charge in [0.2, 0.25) is 0 Å². The van der Waals surface area contributed by atoms with Crippen LogP contribution in [0.4, 0.5) is 0 Å². The smallest absolute Gasteiger partial charge is 0.345 e. The molecule has 0 spiro atoms. The third kappa shape index (κ3) is 2.39. The standard InChI is InChI=1S/C9H7ClN4O3S/c1-3-6(4(2)12-9(16)11-3)17-8-5(15)7(10)13-18-14-8/h1-2H3,(H,11,12,16). The predicted molar refractivity (Wildman–Crippen MR) is 65.6 cm³/mol. The van der Waals surface area contributed by atoms with Crippen LogP contribution >= 0.6 is 23.3 Å². The molecule has 0 aliphatic carbocycles. The van der Waals surface area contributed by atoms with Crippen molar-refractivity contribution in [3.8, 4) is 11.6 Å². The second-order valence-electron chi connectivity index (χ2n) is 3.37. The molecule has 1 N–H and O–H groups in total. The van der Waals surface area contributed by atoms with E-state index in [1.165, 1.54) is 0 Å². The zero-order valence-corrected chi connectivity index (χ0v) is 10.9. The number of nitrogens with one attached hydrogen (secondary N) is 1. The maximum absolute atomic E-state index is 11.6. The van der Waals surface area contributed by atoms with E-state index in [2.05, 4.69) is 18.7 Å². The van der Waals surface area contributed by atoms with Crippen LogP contribution < -0.4 is 15.9 Å². The van der Waals surface area contributed by atoms with Crippen molar-refractivity contribution >= 4 is 23.3 Å². The Bertz CT molecular complexity index is 685. The van der Waals surface area contributed by atoms with Crippen molar-refractivity contribution < 1.29 is 4.74 Å². The van der Waals surface area contributed by atoms with Gasteiger partial charge in [0, 0.05) is 0 Å². The van der Waals surface area contributed by atoms with Crippen LogP contribution in [0.15, 0.2) is 9.59 Å². The molecular weight excluding hydrogens is 280 g/mol. The molecule has 2 aromatic rings. The molecule has 0 aliphatic rings. The minimum Gasteiger partial charge on any atom is -0.431 e. The van der Waals surface area contributed by atoms with E-state index in [4.69, 9.17) is 16.3 Å². The van der Waals surface area contributed by atoms with Crippen LogP contribution in [0.5, 0.6) is 11.6 Å². The van der Waals surface area contributed by atoms with E-state index < -0.39 is 11.1 Å². The second kappa shape index (κ2) is 4.83. The number of H-pyrrole nitrogens is 1. The molecule has 0 radical (unpaired) electrons. The highest BCUT2D eigenvalue weighted by Crippen LogP contribution is 2.22. The summed E-state index contributed by atoms with van der Waals surface area (Å²) in [4.78, 5) is 28.8. The van der Waals surface area contributed by atoms with Crippen molar-refractivity contribution in [3.63, 3.8) is 0 Å². The molecule has 0 unspecified atom stereocenters. The molecule has 9 heteroatoms. The fourth-order valence-electron chi connectivity index (χ4n) is 1.30. The van der Waals surface area contributed by atoms with E-state index in [0.29, 0.717) is 11.4 Å². The molecule has 0 amide bonds. The van der Waals surface area contributed by atoms with E-state index in [9.17, 15) is 9.59 Å². The van der Waals surface area contributed by atoms with Crippen molar-refractivity contribution in [2.45, 2.75) is 13.8 Å². The number of hydrogen-bond donors (Lipinski definition) is 1. The summed E-state index contributed by atoms with van der Waals surface area (Å²) in [6.45, 7) is 3.22. The highest BCUT2D eigenvalue weighted by Gasteiger charge is 2.14. The number of hydrogen-bond acceptors (Lipinski definition) is 7. The topological polar surface area (TPSA) is 97.8 Å². The average Bonchev–Trinajstić information content (AvgIpc) is 2.28. The molecule has 18 heavy (non-hydrogen) atoms. The van der Waals surface area contributed by atoms with Gasteiger partial charge in [-0.05, 0) is 13.8 Å². The summed E-state index contributed by atoms with van der Waals surface area (Å²) in [7, 11) is 0. The van der Waals surface area contributed by atoms with Crippen molar-refractivity contribution in [2.24, 2.45) is 0 Å². The lowest BCUT2D eigenvalue weighted by atomic mass is 10.3. The summed E-state index contributed by atoms with van der Waals surface area (Å²) in [6, 6.07) is 0. The van der Waals surface area contributed by atoms with Crippen molar-refractivity contribution in [1.82, 2.24) is 18.7 Å². The number of aromatic nitrogens is 4. The fraction of sp³-hybridized carbons (Fsp3) is 0.222. The van der Waals surface area contributed by atoms with Crippen LogP contribution in [0.1, 0.15) is 11.4 Å². The number of aromatic amines is 1. The maximum atomic E-state index is 11.6. The van der Waals surface area contributed by atoms with Gasteiger partial charge in [-0.2, -0.15) is 9.36 Å². The van der Waals surface area contributed by atoms with Crippen LogP contribution in [0.2, 0.25) is 5.15 Å². The van der Waals surface area contributed by atoms with Crippen molar-refractivity contribution in [1.29, 1.82) is 0 Å². The monoisotopic (exact) mass is 286 g/mol. The number of halogens is 1. The van der Waals surface area contributed by atoms with Crippen LogP contribution in [0.25, 0.3) is 0 Å². The first-order valence-corrected chi connectivity index (χ1v) is 5.87. The Morgan fingerprint density at radius 3 is 2.67 bits per heavy atom. The predicted octanol–water partition coefficient (Wildman–Crippen LogP) is 1.04. The Kier molecular flexibility index (Phi) is 3.39. The molecule has 7 nitrogen and oxygen atoms in total. The molecule has 0 saturated carbocycles. The summed E-state index contributed by atoms with van der Waals surface area (Å²) in [5.41, 5.74) is -0.286. The maximum Gasteiger partial charge on any atom is 0.345 e. The summed E-state index contributed by atoms with van der Waals surface area (Å²) in [6.07, 6.45) is 0. The number of rotatable bonds is 2. The number of ether oxygens (including phenoxy) is 1. The van der Waals surface area contributed by atoms with E-state index in [0.717, 1.165) is 11.7 Å². The highest BCUT2D eigenvalue weighted by atomic mass is 35.5. The average molecular weight is 287 g/mol. The lowest BCUT2D eigenvalue weighted by Gasteiger charge is -2.07. The van der Waals surface area contributed by atoms with Gasteiger partial charge in [-0.25, -0.2) is 4.79 Å². The lowest BCUT2D eigenvalue weighted by Crippen LogP contribution is -2.16. The largest absolute Gasteiger partial charge is 0.431 e. The molecule has 0 aliphatic heterocycles. The first-order chi connectivity index (χ1) is 8.49. The van der Waals surface area contributed by atoms with Gasteiger partial charge in [0.25, 0.3) is 11.3 Å². The minimum atomic E-state index is -0.611. The fourth-order valence-corrected chi connectivity index (χ4v) is 1.86. The third-order valence-electron chi connectivity index (χ3n) is 2.06. The summed E-state index contributed by atoms with van der Waals surface area (Å²) >= 11 is 6.33. The minimum absolute atomic E-state index is 0.194. The number of aryl methyl sites for hydroxylation is 2. The highest BCUT2D eigenvalue weighted by molar-refractivity contribution is 6.99. The van der Waals surface area contributed by atoms with E-state index in [-0.39, 0.29) is 16.8 Å². The molecule has 0 bridgehead atoms. The van der Waals surface area contributed by atoms with Crippen LogP contribution in [0.3, 0.4) is 0 Å². The molecule has 0 fully saturated rings. The van der Waals surface area contributed by atoms with Crippen LogP contribution in [-0.4, -0.2) is 18.7 Å². The quantitative estimate of drug-likeness (QED) is 0.886. The molecule has 0 aromatic carbocycles. The number of nitrogens with zero attached hydrogens (tertiary/aromatic N) is 3. The Hall–Kier alpha value is -1.80. The molecule has 0 saturated heterocycles.